The van der Waals surface area contributed by atoms with Crippen LogP contribution >= 0.6 is 0 Å². The molecular weight excluding hydrogens is 276 g/mol. The number of anilines is 3. The van der Waals surface area contributed by atoms with Crippen molar-refractivity contribution < 1.29 is 0 Å². The molecule has 112 valence electrons. The van der Waals surface area contributed by atoms with E-state index in [9.17, 15) is 0 Å². The van der Waals surface area contributed by atoms with E-state index in [0.717, 1.165) is 23.0 Å². The fraction of sp³-hybridized carbons (Fsp3) is 0.188. The van der Waals surface area contributed by atoms with Crippen molar-refractivity contribution in [3.05, 3.63) is 54.0 Å². The number of benzene rings is 1. The Kier molecular flexibility index (Phi) is 3.74. The molecule has 0 radical (unpaired) electrons. The van der Waals surface area contributed by atoms with Gasteiger partial charge in [-0.25, -0.2) is 9.97 Å². The number of hydrogen-bond acceptors (Lipinski definition) is 5. The second-order valence-corrected chi connectivity index (χ2v) is 5.03. The lowest BCUT2D eigenvalue weighted by atomic mass is 10.2. The molecule has 0 aliphatic rings. The third-order valence-electron chi connectivity index (χ3n) is 3.37. The number of para-hydroxylation sites is 1. The highest BCUT2D eigenvalue weighted by atomic mass is 15.4. The lowest BCUT2D eigenvalue weighted by Gasteiger charge is -2.11. The van der Waals surface area contributed by atoms with Crippen LogP contribution in [0.25, 0.3) is 5.82 Å². The van der Waals surface area contributed by atoms with Gasteiger partial charge in [0.15, 0.2) is 5.82 Å². The zero-order valence-electron chi connectivity index (χ0n) is 12.8. The Labute approximate surface area is 129 Å². The van der Waals surface area contributed by atoms with Crippen molar-refractivity contribution in [3.8, 4) is 5.82 Å². The van der Waals surface area contributed by atoms with E-state index in [1.165, 1.54) is 11.9 Å². The van der Waals surface area contributed by atoms with Crippen molar-refractivity contribution in [3.63, 3.8) is 0 Å². The molecule has 3 aromatic rings. The number of nitrogens with zero attached hydrogens (tertiary/aromatic N) is 4. The summed E-state index contributed by atoms with van der Waals surface area (Å²) in [5, 5.41) is 10.9. The second-order valence-electron chi connectivity index (χ2n) is 5.03. The van der Waals surface area contributed by atoms with Crippen molar-refractivity contribution >= 4 is 17.3 Å². The smallest absolute Gasteiger partial charge is 0.161 e. The largest absolute Gasteiger partial charge is 0.373 e. The predicted octanol–water partition coefficient (Wildman–Crippen LogP) is 3.06. The first kappa shape index (κ1) is 14.1. The molecule has 0 amide bonds. The first-order chi connectivity index (χ1) is 10.7. The summed E-state index contributed by atoms with van der Waals surface area (Å²) in [4.78, 5) is 8.44. The van der Waals surface area contributed by atoms with E-state index in [1.54, 1.807) is 4.68 Å². The topological polar surface area (TPSA) is 67.7 Å². The first-order valence-corrected chi connectivity index (χ1v) is 7.07. The SMILES string of the molecule is CNc1cc(-n2nc(C)cc2Nc2ccccc2C)ncn1. The molecule has 6 nitrogen and oxygen atoms in total. The molecule has 3 rings (SSSR count). The van der Waals surface area contributed by atoms with Crippen LogP contribution in [0.3, 0.4) is 0 Å². The van der Waals surface area contributed by atoms with E-state index < -0.39 is 0 Å². The van der Waals surface area contributed by atoms with Crippen LogP contribution in [0.4, 0.5) is 17.3 Å². The van der Waals surface area contributed by atoms with Gasteiger partial charge in [0, 0.05) is 24.9 Å². The molecule has 0 unspecified atom stereocenters. The van der Waals surface area contributed by atoms with Gasteiger partial charge in [0.1, 0.15) is 18.0 Å². The summed E-state index contributed by atoms with van der Waals surface area (Å²) >= 11 is 0. The van der Waals surface area contributed by atoms with E-state index in [1.807, 2.05) is 44.3 Å². The molecule has 22 heavy (non-hydrogen) atoms. The van der Waals surface area contributed by atoms with Crippen LogP contribution in [-0.4, -0.2) is 26.8 Å². The maximum absolute atomic E-state index is 4.52. The van der Waals surface area contributed by atoms with Gasteiger partial charge in [-0.1, -0.05) is 18.2 Å². The van der Waals surface area contributed by atoms with Gasteiger partial charge in [0.05, 0.1) is 5.69 Å². The molecule has 6 heteroatoms. The van der Waals surface area contributed by atoms with Crippen molar-refractivity contribution in [1.29, 1.82) is 0 Å². The van der Waals surface area contributed by atoms with Crippen molar-refractivity contribution in [2.24, 2.45) is 0 Å². The summed E-state index contributed by atoms with van der Waals surface area (Å²) in [5.41, 5.74) is 3.14. The number of nitrogens with one attached hydrogen (secondary N) is 2. The average Bonchev–Trinajstić information content (AvgIpc) is 2.90. The van der Waals surface area contributed by atoms with Crippen LogP contribution in [0, 0.1) is 13.8 Å². The molecule has 0 saturated heterocycles. The van der Waals surface area contributed by atoms with Crippen molar-refractivity contribution in [2.75, 3.05) is 17.7 Å². The highest BCUT2D eigenvalue weighted by Gasteiger charge is 2.10. The van der Waals surface area contributed by atoms with Crippen LogP contribution in [-0.2, 0) is 0 Å². The first-order valence-electron chi connectivity index (χ1n) is 7.07. The highest BCUT2D eigenvalue weighted by molar-refractivity contribution is 5.62. The lowest BCUT2D eigenvalue weighted by Crippen LogP contribution is -2.06. The second kappa shape index (κ2) is 5.85. The highest BCUT2D eigenvalue weighted by Crippen LogP contribution is 2.23. The molecule has 0 aliphatic carbocycles. The fourth-order valence-electron chi connectivity index (χ4n) is 2.21. The molecule has 0 aliphatic heterocycles. The molecule has 2 heterocycles. The van der Waals surface area contributed by atoms with Crippen molar-refractivity contribution in [2.45, 2.75) is 13.8 Å². The van der Waals surface area contributed by atoms with Gasteiger partial charge in [0.25, 0.3) is 0 Å². The molecule has 1 aromatic carbocycles. The minimum absolute atomic E-state index is 0.712. The van der Waals surface area contributed by atoms with E-state index in [0.29, 0.717) is 5.82 Å². The molecule has 2 N–H and O–H groups in total. The maximum atomic E-state index is 4.52. The third kappa shape index (κ3) is 2.76. The summed E-state index contributed by atoms with van der Waals surface area (Å²) in [5.74, 6) is 2.33. The van der Waals surface area contributed by atoms with E-state index in [4.69, 9.17) is 0 Å². The maximum Gasteiger partial charge on any atom is 0.161 e. The molecule has 2 aromatic heterocycles. The standard InChI is InChI=1S/C16H18N6/c1-11-6-4-5-7-13(11)20-16-8-12(2)21-22(16)15-9-14(17-3)18-10-19-15/h4-10,20H,1-3H3,(H,17,18,19). The van der Waals surface area contributed by atoms with Crippen LogP contribution in [0.1, 0.15) is 11.3 Å². The average molecular weight is 294 g/mol. The van der Waals surface area contributed by atoms with Crippen LogP contribution in [0.2, 0.25) is 0 Å². The number of aryl methyl sites for hydroxylation is 2. The summed E-state index contributed by atoms with van der Waals surface area (Å²) in [7, 11) is 1.83. The predicted molar refractivity (Wildman–Crippen MR) is 87.9 cm³/mol. The Hall–Kier alpha value is -2.89. The van der Waals surface area contributed by atoms with Crippen LogP contribution < -0.4 is 10.6 Å². The Bertz CT molecular complexity index is 793. The van der Waals surface area contributed by atoms with Crippen LogP contribution in [0.15, 0.2) is 42.7 Å². The van der Waals surface area contributed by atoms with Crippen molar-refractivity contribution in [1.82, 2.24) is 19.7 Å². The number of hydrogen-bond donors (Lipinski definition) is 2. The summed E-state index contributed by atoms with van der Waals surface area (Å²) in [6.07, 6.45) is 1.52. The molecule has 0 fully saturated rings. The lowest BCUT2D eigenvalue weighted by molar-refractivity contribution is 0.833. The summed E-state index contributed by atoms with van der Waals surface area (Å²) < 4.78 is 1.78. The van der Waals surface area contributed by atoms with Gasteiger partial charge >= 0.3 is 0 Å². The van der Waals surface area contributed by atoms with Gasteiger partial charge in [0.2, 0.25) is 0 Å². The molecule has 0 bridgehead atoms. The minimum Gasteiger partial charge on any atom is -0.373 e. The van der Waals surface area contributed by atoms with E-state index in [-0.39, 0.29) is 0 Å². The summed E-state index contributed by atoms with van der Waals surface area (Å²) in [6.45, 7) is 4.03. The Morgan fingerprint density at radius 1 is 1.05 bits per heavy atom. The van der Waals surface area contributed by atoms with Gasteiger partial charge in [-0.2, -0.15) is 9.78 Å². The number of rotatable bonds is 4. The van der Waals surface area contributed by atoms with Crippen LogP contribution in [0.5, 0.6) is 0 Å². The van der Waals surface area contributed by atoms with Gasteiger partial charge in [-0.15, -0.1) is 0 Å². The third-order valence-corrected chi connectivity index (χ3v) is 3.37. The summed E-state index contributed by atoms with van der Waals surface area (Å²) in [6, 6.07) is 12.0. The molecule has 0 spiro atoms. The minimum atomic E-state index is 0.712. The zero-order chi connectivity index (χ0) is 15.5. The Morgan fingerprint density at radius 2 is 1.86 bits per heavy atom. The fourth-order valence-corrected chi connectivity index (χ4v) is 2.21. The normalized spacial score (nSPS) is 10.5. The monoisotopic (exact) mass is 294 g/mol. The molecule has 0 saturated carbocycles. The van der Waals surface area contributed by atoms with E-state index >= 15 is 0 Å². The van der Waals surface area contributed by atoms with Gasteiger partial charge in [-0.3, -0.25) is 0 Å². The number of aromatic nitrogens is 4. The zero-order valence-corrected chi connectivity index (χ0v) is 12.8. The van der Waals surface area contributed by atoms with Gasteiger partial charge < -0.3 is 10.6 Å². The quantitative estimate of drug-likeness (QED) is 0.774. The Balaban J connectivity index is 2.01. The Morgan fingerprint density at radius 3 is 2.64 bits per heavy atom. The van der Waals surface area contributed by atoms with Gasteiger partial charge in [-0.05, 0) is 25.5 Å². The molecular formula is C16H18N6. The van der Waals surface area contributed by atoms with E-state index in [2.05, 4.69) is 38.7 Å². The molecule has 0 atom stereocenters.